The van der Waals surface area contributed by atoms with Gasteiger partial charge in [-0.05, 0) is 18.1 Å². The van der Waals surface area contributed by atoms with Crippen molar-refractivity contribution in [2.45, 2.75) is 26.4 Å². The minimum Gasteiger partial charge on any atom is -0.363 e. The summed E-state index contributed by atoms with van der Waals surface area (Å²) in [5.41, 5.74) is 10.9. The average molecular weight is 361 g/mol. The van der Waals surface area contributed by atoms with Crippen LogP contribution in [0.3, 0.4) is 0 Å². The van der Waals surface area contributed by atoms with E-state index in [-0.39, 0.29) is 5.82 Å². The first-order valence-corrected chi connectivity index (χ1v) is 8.69. The maximum atomic E-state index is 7.34. The van der Waals surface area contributed by atoms with Gasteiger partial charge in [0.1, 0.15) is 5.65 Å². The van der Waals surface area contributed by atoms with Gasteiger partial charge in [0.2, 0.25) is 5.82 Å². The van der Waals surface area contributed by atoms with Gasteiger partial charge in [0.25, 0.3) is 0 Å². The molecule has 4 aromatic rings. The van der Waals surface area contributed by atoms with Crippen molar-refractivity contribution in [1.29, 1.82) is 5.53 Å². The number of imidazole rings is 1. The average Bonchev–Trinajstić information content (AvgIpc) is 3.35. The summed E-state index contributed by atoms with van der Waals surface area (Å²) in [5, 5.41) is 11.0. The highest BCUT2D eigenvalue weighted by Crippen LogP contribution is 2.25. The zero-order valence-corrected chi connectivity index (χ0v) is 14.9. The third kappa shape index (κ3) is 3.52. The predicted octanol–water partition coefficient (Wildman–Crippen LogP) is 3.67. The highest BCUT2D eigenvalue weighted by molar-refractivity contribution is 5.63. The molecule has 4 aromatic heterocycles. The molecule has 0 aliphatic rings. The summed E-state index contributed by atoms with van der Waals surface area (Å²) < 4.78 is 3.84. The fraction of sp³-hybridized carbons (Fsp3) is 0.222. The Bertz CT molecular complexity index is 1080. The van der Waals surface area contributed by atoms with Crippen LogP contribution in [0.2, 0.25) is 0 Å². The number of nitrogens with zero attached hydrogens (tertiary/aromatic N) is 7. The highest BCUT2D eigenvalue weighted by Gasteiger charge is 2.10. The maximum absolute atomic E-state index is 7.34. The number of aryl methyl sites for hydroxylation is 1. The second kappa shape index (κ2) is 7.32. The number of anilines is 1. The predicted molar refractivity (Wildman–Crippen MR) is 101 cm³/mol. The second-order valence-corrected chi connectivity index (χ2v) is 6.11. The Morgan fingerprint density at radius 2 is 2.11 bits per heavy atom. The lowest BCUT2D eigenvalue weighted by atomic mass is 10.2. The van der Waals surface area contributed by atoms with Crippen molar-refractivity contribution in [1.82, 2.24) is 29.1 Å². The van der Waals surface area contributed by atoms with Crippen LogP contribution in [-0.2, 0) is 13.1 Å². The fourth-order valence-electron chi connectivity index (χ4n) is 2.83. The Hall–Kier alpha value is -3.62. The largest absolute Gasteiger partial charge is 0.363 e. The normalized spacial score (nSPS) is 11.0. The van der Waals surface area contributed by atoms with Crippen LogP contribution in [0, 0.1) is 5.53 Å². The maximum Gasteiger partial charge on any atom is 0.216 e. The number of hydrogen-bond acceptors (Lipinski definition) is 7. The van der Waals surface area contributed by atoms with E-state index < -0.39 is 0 Å². The van der Waals surface area contributed by atoms with Gasteiger partial charge in [-0.25, -0.2) is 20.5 Å². The van der Waals surface area contributed by atoms with E-state index >= 15 is 0 Å². The number of pyridine rings is 1. The molecule has 0 amide bonds. The smallest absolute Gasteiger partial charge is 0.216 e. The molecule has 9 heteroatoms. The molecule has 0 saturated heterocycles. The van der Waals surface area contributed by atoms with Crippen LogP contribution in [0.15, 0.2) is 54.4 Å². The number of hydrogen-bond donors (Lipinski definition) is 2. The standard InChI is InChI=1S/C18H19N9/c1-2-6-27-12-14(9-23-27)15-10-22-18(25-19)17(24-15)21-8-13-3-4-16-20-5-7-26(16)11-13/h3-5,7,9-12,19H,2,6,8H2,1H3,(H,21,24). The van der Waals surface area contributed by atoms with Crippen molar-refractivity contribution < 1.29 is 0 Å². The van der Waals surface area contributed by atoms with Crippen LogP contribution >= 0.6 is 0 Å². The molecule has 136 valence electrons. The zero-order chi connectivity index (χ0) is 18.6. The van der Waals surface area contributed by atoms with Gasteiger partial charge in [-0.3, -0.25) is 4.68 Å². The molecule has 0 fully saturated rings. The molecule has 4 rings (SSSR count). The molecule has 0 aliphatic heterocycles. The lowest BCUT2D eigenvalue weighted by Gasteiger charge is -2.09. The number of aromatic nitrogens is 6. The summed E-state index contributed by atoms with van der Waals surface area (Å²) in [4.78, 5) is 13.1. The second-order valence-electron chi connectivity index (χ2n) is 6.11. The van der Waals surface area contributed by atoms with Crippen LogP contribution < -0.4 is 5.32 Å². The quantitative estimate of drug-likeness (QED) is 0.488. The van der Waals surface area contributed by atoms with Gasteiger partial charge in [-0.2, -0.15) is 5.10 Å². The Morgan fingerprint density at radius 3 is 2.96 bits per heavy atom. The molecule has 0 unspecified atom stereocenters. The lowest BCUT2D eigenvalue weighted by molar-refractivity contribution is 0.603. The number of rotatable bonds is 7. The van der Waals surface area contributed by atoms with Crippen LogP contribution in [0.4, 0.5) is 11.6 Å². The molecule has 0 aliphatic carbocycles. The Kier molecular flexibility index (Phi) is 4.56. The molecule has 9 nitrogen and oxygen atoms in total. The summed E-state index contributed by atoms with van der Waals surface area (Å²) in [6, 6.07) is 3.95. The van der Waals surface area contributed by atoms with E-state index in [2.05, 4.69) is 37.4 Å². The summed E-state index contributed by atoms with van der Waals surface area (Å²) in [7, 11) is 0. The molecule has 2 N–H and O–H groups in total. The van der Waals surface area contributed by atoms with Crippen LogP contribution in [0.5, 0.6) is 0 Å². The van der Waals surface area contributed by atoms with Crippen LogP contribution in [0.25, 0.3) is 16.9 Å². The highest BCUT2D eigenvalue weighted by atomic mass is 15.3. The number of nitrogens with one attached hydrogen (secondary N) is 2. The van der Waals surface area contributed by atoms with Gasteiger partial charge >= 0.3 is 0 Å². The lowest BCUT2D eigenvalue weighted by Crippen LogP contribution is -2.04. The SMILES string of the molecule is CCCn1cc(-c2cnc(N=N)c(NCc3ccc4nccn4c3)n2)cn1. The van der Waals surface area contributed by atoms with E-state index in [1.54, 1.807) is 18.6 Å². The Morgan fingerprint density at radius 1 is 1.19 bits per heavy atom. The van der Waals surface area contributed by atoms with Gasteiger partial charge in [-0.1, -0.05) is 13.0 Å². The molecule has 27 heavy (non-hydrogen) atoms. The van der Waals surface area contributed by atoms with Gasteiger partial charge in [0.15, 0.2) is 5.82 Å². The topological polar surface area (TPSA) is 109 Å². The molecule has 0 radical (unpaired) electrons. The van der Waals surface area contributed by atoms with Crippen molar-refractivity contribution in [3.63, 3.8) is 0 Å². The number of fused-ring (bicyclic) bond motifs is 1. The van der Waals surface area contributed by atoms with E-state index in [9.17, 15) is 0 Å². The van der Waals surface area contributed by atoms with Crippen molar-refractivity contribution in [3.05, 3.63) is 54.9 Å². The first-order chi connectivity index (χ1) is 13.3. The van der Waals surface area contributed by atoms with Crippen LogP contribution in [0.1, 0.15) is 18.9 Å². The Labute approximate surface area is 155 Å². The third-order valence-corrected chi connectivity index (χ3v) is 4.15. The van der Waals surface area contributed by atoms with E-state index in [0.29, 0.717) is 18.1 Å². The Balaban J connectivity index is 1.57. The molecular formula is C18H19N9. The van der Waals surface area contributed by atoms with Crippen molar-refractivity contribution in [2.75, 3.05) is 5.32 Å². The molecule has 0 saturated carbocycles. The molecule has 4 heterocycles. The molecule has 0 atom stereocenters. The fourth-order valence-corrected chi connectivity index (χ4v) is 2.83. The first kappa shape index (κ1) is 16.8. The van der Waals surface area contributed by atoms with Gasteiger partial charge in [0, 0.05) is 43.4 Å². The van der Waals surface area contributed by atoms with Crippen LogP contribution in [-0.4, -0.2) is 29.1 Å². The summed E-state index contributed by atoms with van der Waals surface area (Å²) >= 11 is 0. The van der Waals surface area contributed by atoms with E-state index in [4.69, 9.17) is 5.53 Å². The molecule has 0 spiro atoms. The first-order valence-electron chi connectivity index (χ1n) is 8.69. The van der Waals surface area contributed by atoms with Crippen molar-refractivity contribution in [2.24, 2.45) is 5.11 Å². The van der Waals surface area contributed by atoms with Gasteiger partial charge in [-0.15, -0.1) is 5.11 Å². The minimum atomic E-state index is 0.253. The molecular weight excluding hydrogens is 342 g/mol. The summed E-state index contributed by atoms with van der Waals surface area (Å²) in [6.07, 6.45) is 12.0. The van der Waals surface area contributed by atoms with E-state index in [0.717, 1.165) is 29.7 Å². The zero-order valence-electron chi connectivity index (χ0n) is 14.9. The monoisotopic (exact) mass is 361 g/mol. The minimum absolute atomic E-state index is 0.253. The molecule has 0 aromatic carbocycles. The van der Waals surface area contributed by atoms with Gasteiger partial charge in [0.05, 0.1) is 18.1 Å². The van der Waals surface area contributed by atoms with E-state index in [1.807, 2.05) is 39.8 Å². The van der Waals surface area contributed by atoms with Crippen molar-refractivity contribution >= 4 is 17.3 Å². The summed E-state index contributed by atoms with van der Waals surface area (Å²) in [5.74, 6) is 0.722. The van der Waals surface area contributed by atoms with Gasteiger partial charge < -0.3 is 9.72 Å². The molecule has 0 bridgehead atoms. The van der Waals surface area contributed by atoms with E-state index in [1.165, 1.54) is 0 Å². The third-order valence-electron chi connectivity index (χ3n) is 4.15. The summed E-state index contributed by atoms with van der Waals surface area (Å²) in [6.45, 7) is 3.49. The van der Waals surface area contributed by atoms with Crippen molar-refractivity contribution in [3.8, 4) is 11.3 Å².